The summed E-state index contributed by atoms with van der Waals surface area (Å²) in [4.78, 5) is 0. The Balaban J connectivity index is 2.86. The van der Waals surface area contributed by atoms with Gasteiger partial charge in [0.05, 0.1) is 6.61 Å². The van der Waals surface area contributed by atoms with E-state index < -0.39 is 11.6 Å². The lowest BCUT2D eigenvalue weighted by Crippen LogP contribution is -2.29. The van der Waals surface area contributed by atoms with Gasteiger partial charge in [-0.3, -0.25) is 0 Å². The lowest BCUT2D eigenvalue weighted by Gasteiger charge is -2.29. The molecule has 0 saturated heterocycles. The normalized spacial score (nSPS) is 11.7. The van der Waals surface area contributed by atoms with Gasteiger partial charge in [0.25, 0.3) is 0 Å². The molecule has 0 saturated carbocycles. The molecule has 1 aromatic rings. The molecule has 0 unspecified atom stereocenters. The summed E-state index contributed by atoms with van der Waals surface area (Å²) in [6.45, 7) is 4.41. The van der Waals surface area contributed by atoms with E-state index in [1.807, 2.05) is 13.8 Å². The molecule has 102 valence electrons. The molecule has 5 heteroatoms. The molecule has 0 heterocycles. The van der Waals surface area contributed by atoms with Crippen LogP contribution < -0.4 is 4.74 Å². The van der Waals surface area contributed by atoms with Crippen LogP contribution in [0.1, 0.15) is 26.7 Å². The molecule has 1 nitrogen and oxygen atoms in total. The molecule has 0 aliphatic heterocycles. The monoisotopic (exact) mass is 338 g/mol. The van der Waals surface area contributed by atoms with E-state index in [1.165, 1.54) is 6.07 Å². The number of benzene rings is 1. The van der Waals surface area contributed by atoms with Crippen molar-refractivity contribution >= 4 is 28.6 Å². The van der Waals surface area contributed by atoms with E-state index in [2.05, 4.69) is 28.6 Å². The maximum atomic E-state index is 13.5. The Morgan fingerprint density at radius 3 is 2.39 bits per heavy atom. The van der Waals surface area contributed by atoms with Crippen LogP contribution in [0, 0.1) is 17.0 Å². The average Bonchev–Trinajstić information content (AvgIpc) is 2.37. The molecule has 0 spiro atoms. The van der Waals surface area contributed by atoms with E-state index in [1.54, 1.807) is 0 Å². The Hall–Kier alpha value is -0.290. The second-order valence-electron chi connectivity index (χ2n) is 4.35. The maximum absolute atomic E-state index is 13.5. The van der Waals surface area contributed by atoms with Crippen molar-refractivity contribution in [1.82, 2.24) is 0 Å². The molecule has 0 bridgehead atoms. The fraction of sp³-hybridized carbons (Fsp3) is 0.538. The molecule has 0 N–H and O–H groups in total. The predicted octanol–water partition coefficient (Wildman–Crippen LogP) is 4.84. The van der Waals surface area contributed by atoms with Gasteiger partial charge in [-0.1, -0.05) is 29.8 Å². The van der Waals surface area contributed by atoms with Crippen LogP contribution in [0.2, 0.25) is 0 Å². The van der Waals surface area contributed by atoms with E-state index in [9.17, 15) is 8.78 Å². The Morgan fingerprint density at radius 1 is 1.28 bits per heavy atom. The van der Waals surface area contributed by atoms with E-state index in [0.717, 1.165) is 18.9 Å². The van der Waals surface area contributed by atoms with Gasteiger partial charge < -0.3 is 4.74 Å². The van der Waals surface area contributed by atoms with Crippen molar-refractivity contribution in [2.45, 2.75) is 26.7 Å². The lowest BCUT2D eigenvalue weighted by atomic mass is 9.85. The molecule has 0 radical (unpaired) electrons. The van der Waals surface area contributed by atoms with Gasteiger partial charge in [-0.15, -0.1) is 0 Å². The Morgan fingerprint density at radius 2 is 1.89 bits per heavy atom. The highest BCUT2D eigenvalue weighted by atomic mass is 79.9. The molecule has 1 rings (SSSR count). The summed E-state index contributed by atoms with van der Waals surface area (Å²) in [5, 5.41) is 0. The third kappa shape index (κ3) is 3.60. The van der Waals surface area contributed by atoms with Gasteiger partial charge in [0.15, 0.2) is 11.6 Å². The molecule has 0 atom stereocenters. The summed E-state index contributed by atoms with van der Waals surface area (Å²) in [6, 6.07) is 2.51. The first-order valence-corrected chi connectivity index (χ1v) is 7.28. The van der Waals surface area contributed by atoms with Crippen LogP contribution in [0.5, 0.6) is 5.75 Å². The zero-order valence-electron chi connectivity index (χ0n) is 10.5. The quantitative estimate of drug-likeness (QED) is 0.576. The van der Waals surface area contributed by atoms with Crippen LogP contribution in [-0.4, -0.2) is 12.4 Å². The fourth-order valence-electron chi connectivity index (χ4n) is 1.59. The number of ether oxygens (including phenoxy) is 1. The summed E-state index contributed by atoms with van der Waals surface area (Å²) >= 11 is 7.43. The van der Waals surface area contributed by atoms with Gasteiger partial charge in [-0.25, -0.2) is 4.39 Å². The summed E-state index contributed by atoms with van der Waals surface area (Å²) in [7, 11) is 0. The van der Waals surface area contributed by atoms with E-state index >= 15 is 0 Å². The van der Waals surface area contributed by atoms with Crippen LogP contribution >= 0.6 is 28.6 Å². The predicted molar refractivity (Wildman–Crippen MR) is 76.4 cm³/mol. The van der Waals surface area contributed by atoms with Crippen molar-refractivity contribution in [3.8, 4) is 5.75 Å². The fourth-order valence-corrected chi connectivity index (χ4v) is 2.54. The largest absolute Gasteiger partial charge is 0.490 e. The first-order chi connectivity index (χ1) is 8.48. The van der Waals surface area contributed by atoms with Gasteiger partial charge in [0.1, 0.15) is 0 Å². The summed E-state index contributed by atoms with van der Waals surface area (Å²) in [5.74, 6) is -1.27. The second kappa shape index (κ2) is 6.75. The van der Waals surface area contributed by atoms with Gasteiger partial charge in [-0.2, -0.15) is 17.0 Å². The van der Waals surface area contributed by atoms with Gasteiger partial charge in [-0.05, 0) is 30.7 Å². The highest BCUT2D eigenvalue weighted by Gasteiger charge is 2.26. The van der Waals surface area contributed by atoms with Crippen molar-refractivity contribution in [2.75, 3.05) is 12.4 Å². The minimum absolute atomic E-state index is 0.0602. The maximum Gasteiger partial charge on any atom is 0.200 e. The van der Waals surface area contributed by atoms with E-state index in [-0.39, 0.29) is 11.2 Å². The van der Waals surface area contributed by atoms with E-state index in [0.29, 0.717) is 16.8 Å². The van der Waals surface area contributed by atoms with Crippen LogP contribution in [0.4, 0.5) is 8.78 Å². The van der Waals surface area contributed by atoms with Crippen molar-refractivity contribution in [1.29, 1.82) is 0 Å². The number of halogens is 3. The van der Waals surface area contributed by atoms with Crippen LogP contribution in [0.15, 0.2) is 16.6 Å². The zero-order valence-corrected chi connectivity index (χ0v) is 13.0. The van der Waals surface area contributed by atoms with E-state index in [4.69, 9.17) is 4.74 Å². The minimum Gasteiger partial charge on any atom is -0.490 e. The number of thiol groups is 1. The first kappa shape index (κ1) is 15.8. The van der Waals surface area contributed by atoms with Gasteiger partial charge >= 0.3 is 0 Å². The Kier molecular flexibility index (Phi) is 5.92. The third-order valence-electron chi connectivity index (χ3n) is 3.33. The number of hydrogen-bond donors (Lipinski definition) is 1. The second-order valence-corrected chi connectivity index (χ2v) is 5.59. The van der Waals surface area contributed by atoms with Crippen molar-refractivity contribution in [3.63, 3.8) is 0 Å². The third-order valence-corrected chi connectivity index (χ3v) is 4.46. The number of rotatable bonds is 6. The molecule has 18 heavy (non-hydrogen) atoms. The topological polar surface area (TPSA) is 9.23 Å². The number of hydrogen-bond acceptors (Lipinski definition) is 2. The highest BCUT2D eigenvalue weighted by Crippen LogP contribution is 2.31. The summed E-state index contributed by atoms with van der Waals surface area (Å²) < 4.78 is 32.6. The minimum atomic E-state index is -0.946. The standard InChI is InChI=1S/C13H17BrF2OS/c1-3-13(4-2,8-18)7-17-11-6-9(14)5-10(15)12(11)16/h5-6,18H,3-4,7-8H2,1-2H3. The van der Waals surface area contributed by atoms with Crippen molar-refractivity contribution < 1.29 is 13.5 Å². The molecule has 0 aliphatic rings. The molecule has 0 aliphatic carbocycles. The van der Waals surface area contributed by atoms with Gasteiger partial charge in [0.2, 0.25) is 5.82 Å². The van der Waals surface area contributed by atoms with Crippen molar-refractivity contribution in [3.05, 3.63) is 28.2 Å². The zero-order chi connectivity index (χ0) is 13.8. The highest BCUT2D eigenvalue weighted by molar-refractivity contribution is 9.10. The lowest BCUT2D eigenvalue weighted by molar-refractivity contribution is 0.151. The summed E-state index contributed by atoms with van der Waals surface area (Å²) in [6.07, 6.45) is 1.76. The molecule has 0 aromatic heterocycles. The smallest absolute Gasteiger partial charge is 0.200 e. The molecule has 0 fully saturated rings. The van der Waals surface area contributed by atoms with Crippen LogP contribution in [0.3, 0.4) is 0 Å². The SMILES string of the molecule is CCC(CC)(CS)COc1cc(Br)cc(F)c1F. The molecule has 0 amide bonds. The summed E-state index contributed by atoms with van der Waals surface area (Å²) in [5.41, 5.74) is -0.103. The molecular formula is C13H17BrF2OS. The van der Waals surface area contributed by atoms with Gasteiger partial charge in [0, 0.05) is 9.89 Å². The van der Waals surface area contributed by atoms with Crippen molar-refractivity contribution in [2.24, 2.45) is 5.41 Å². The Labute approximate surface area is 120 Å². The first-order valence-electron chi connectivity index (χ1n) is 5.86. The Bertz CT molecular complexity index is 400. The molecular weight excluding hydrogens is 322 g/mol. The van der Waals surface area contributed by atoms with Crippen LogP contribution in [-0.2, 0) is 0 Å². The molecule has 1 aromatic carbocycles. The average molecular weight is 339 g/mol. The van der Waals surface area contributed by atoms with Crippen LogP contribution in [0.25, 0.3) is 0 Å².